The molecular weight excluding hydrogens is 412 g/mol. The van der Waals surface area contributed by atoms with E-state index in [0.717, 1.165) is 5.56 Å². The molecule has 2 aromatic heterocycles. The number of aromatic nitrogens is 3. The van der Waals surface area contributed by atoms with Crippen LogP contribution in [0.3, 0.4) is 0 Å². The van der Waals surface area contributed by atoms with E-state index in [0.29, 0.717) is 39.7 Å². The Balaban J connectivity index is 1.43. The van der Waals surface area contributed by atoms with Crippen molar-refractivity contribution >= 4 is 22.7 Å². The molecule has 0 unspecified atom stereocenters. The van der Waals surface area contributed by atoms with Crippen molar-refractivity contribution in [2.24, 2.45) is 0 Å². The van der Waals surface area contributed by atoms with Crippen LogP contribution < -0.4 is 19.5 Å². The third-order valence-corrected chi connectivity index (χ3v) is 4.54. The van der Waals surface area contributed by atoms with Crippen LogP contribution in [0.1, 0.15) is 5.56 Å². The first kappa shape index (κ1) is 20.9. The summed E-state index contributed by atoms with van der Waals surface area (Å²) in [7, 11) is 3.12. The first-order valence-electron chi connectivity index (χ1n) is 9.63. The van der Waals surface area contributed by atoms with Gasteiger partial charge in [-0.2, -0.15) is 0 Å². The van der Waals surface area contributed by atoms with Gasteiger partial charge in [-0.15, -0.1) is 0 Å². The lowest BCUT2D eigenvalue weighted by atomic mass is 10.2. The maximum atomic E-state index is 12.0. The SMILES string of the molecule is COc1cc2ncnc(Oc3ccc(NC(=O)OCc4ccncc4)cc3)c2cc1OC. The molecule has 0 saturated heterocycles. The van der Waals surface area contributed by atoms with Gasteiger partial charge in [-0.1, -0.05) is 0 Å². The lowest BCUT2D eigenvalue weighted by Gasteiger charge is -2.12. The van der Waals surface area contributed by atoms with Gasteiger partial charge in [-0.25, -0.2) is 14.8 Å². The number of nitrogens with zero attached hydrogens (tertiary/aromatic N) is 3. The molecule has 1 amide bonds. The van der Waals surface area contributed by atoms with Crippen molar-refractivity contribution in [3.8, 4) is 23.1 Å². The van der Waals surface area contributed by atoms with Gasteiger partial charge in [0.1, 0.15) is 18.7 Å². The second-order valence-corrected chi connectivity index (χ2v) is 6.59. The van der Waals surface area contributed by atoms with Crippen molar-refractivity contribution in [2.75, 3.05) is 19.5 Å². The van der Waals surface area contributed by atoms with Crippen LogP contribution in [0.4, 0.5) is 10.5 Å². The standard InChI is InChI=1S/C23H20N4O5/c1-29-20-11-18-19(12-21(20)30-2)25-14-26-22(18)32-17-5-3-16(4-6-17)27-23(28)31-13-15-7-9-24-10-8-15/h3-12,14H,13H2,1-2H3,(H,27,28). The van der Waals surface area contributed by atoms with E-state index in [1.165, 1.54) is 6.33 Å². The lowest BCUT2D eigenvalue weighted by molar-refractivity contribution is 0.155. The van der Waals surface area contributed by atoms with Gasteiger partial charge in [-0.05, 0) is 48.0 Å². The summed E-state index contributed by atoms with van der Waals surface area (Å²) in [6.45, 7) is 0.157. The molecule has 0 aliphatic heterocycles. The zero-order valence-electron chi connectivity index (χ0n) is 17.4. The average molecular weight is 432 g/mol. The minimum Gasteiger partial charge on any atom is -0.493 e. The molecule has 0 spiro atoms. The maximum Gasteiger partial charge on any atom is 0.411 e. The first-order chi connectivity index (χ1) is 15.7. The van der Waals surface area contributed by atoms with Crippen molar-refractivity contribution in [1.29, 1.82) is 0 Å². The van der Waals surface area contributed by atoms with Crippen molar-refractivity contribution in [1.82, 2.24) is 15.0 Å². The van der Waals surface area contributed by atoms with E-state index >= 15 is 0 Å². The number of carbonyl (C=O) groups excluding carboxylic acids is 1. The first-order valence-corrected chi connectivity index (χ1v) is 9.63. The zero-order chi connectivity index (χ0) is 22.3. The predicted molar refractivity (Wildman–Crippen MR) is 117 cm³/mol. The Labute approximate surface area is 184 Å². The molecule has 32 heavy (non-hydrogen) atoms. The number of hydrogen-bond donors (Lipinski definition) is 1. The van der Waals surface area contributed by atoms with Crippen LogP contribution in [0.15, 0.2) is 67.3 Å². The highest BCUT2D eigenvalue weighted by Crippen LogP contribution is 2.35. The Hall–Kier alpha value is -4.40. The number of amides is 1. The maximum absolute atomic E-state index is 12.0. The summed E-state index contributed by atoms with van der Waals surface area (Å²) in [4.78, 5) is 24.4. The Bertz CT molecular complexity index is 1220. The number of anilines is 1. The van der Waals surface area contributed by atoms with Crippen LogP contribution in [0, 0.1) is 0 Å². The normalized spacial score (nSPS) is 10.4. The summed E-state index contributed by atoms with van der Waals surface area (Å²) in [5.41, 5.74) is 2.07. The van der Waals surface area contributed by atoms with E-state index in [2.05, 4.69) is 20.3 Å². The summed E-state index contributed by atoms with van der Waals surface area (Å²) >= 11 is 0. The number of methoxy groups -OCH3 is 2. The third-order valence-electron chi connectivity index (χ3n) is 4.54. The quantitative estimate of drug-likeness (QED) is 0.452. The summed E-state index contributed by atoms with van der Waals surface area (Å²) in [5.74, 6) is 2.02. The molecular formula is C23H20N4O5. The Morgan fingerprint density at radius 3 is 2.38 bits per heavy atom. The second-order valence-electron chi connectivity index (χ2n) is 6.59. The number of carbonyl (C=O) groups is 1. The van der Waals surface area contributed by atoms with Gasteiger partial charge >= 0.3 is 6.09 Å². The van der Waals surface area contributed by atoms with Crippen LogP contribution in [0.25, 0.3) is 10.9 Å². The van der Waals surface area contributed by atoms with Crippen LogP contribution in [0.5, 0.6) is 23.1 Å². The summed E-state index contributed by atoms with van der Waals surface area (Å²) in [5, 5.41) is 3.35. The minimum absolute atomic E-state index is 0.157. The molecule has 0 atom stereocenters. The molecule has 0 saturated carbocycles. The molecule has 2 heterocycles. The molecule has 0 fully saturated rings. The number of pyridine rings is 1. The van der Waals surface area contributed by atoms with Gasteiger partial charge in [0, 0.05) is 24.1 Å². The number of ether oxygens (including phenoxy) is 4. The van der Waals surface area contributed by atoms with Gasteiger partial charge in [0.05, 0.1) is 25.1 Å². The minimum atomic E-state index is -0.557. The number of nitrogens with one attached hydrogen (secondary N) is 1. The van der Waals surface area contributed by atoms with Crippen molar-refractivity contribution in [2.45, 2.75) is 6.61 Å². The Morgan fingerprint density at radius 2 is 1.66 bits per heavy atom. The van der Waals surface area contributed by atoms with E-state index in [4.69, 9.17) is 18.9 Å². The van der Waals surface area contributed by atoms with Gasteiger partial charge < -0.3 is 18.9 Å². The molecule has 4 aromatic rings. The lowest BCUT2D eigenvalue weighted by Crippen LogP contribution is -2.13. The fourth-order valence-corrected chi connectivity index (χ4v) is 2.94. The second kappa shape index (κ2) is 9.61. The zero-order valence-corrected chi connectivity index (χ0v) is 17.4. The van der Waals surface area contributed by atoms with Gasteiger partial charge in [0.25, 0.3) is 0 Å². The van der Waals surface area contributed by atoms with Crippen LogP contribution in [-0.4, -0.2) is 35.3 Å². The molecule has 0 aliphatic rings. The van der Waals surface area contributed by atoms with E-state index in [1.54, 1.807) is 75.1 Å². The highest BCUT2D eigenvalue weighted by molar-refractivity contribution is 5.87. The topological polar surface area (TPSA) is 105 Å². The Morgan fingerprint density at radius 1 is 0.938 bits per heavy atom. The largest absolute Gasteiger partial charge is 0.493 e. The number of rotatable bonds is 7. The molecule has 0 aliphatic carbocycles. The summed E-state index contributed by atoms with van der Waals surface area (Å²) < 4.78 is 21.8. The molecule has 162 valence electrons. The molecule has 4 rings (SSSR count). The molecule has 0 radical (unpaired) electrons. The number of fused-ring (bicyclic) bond motifs is 1. The highest BCUT2D eigenvalue weighted by Gasteiger charge is 2.12. The van der Waals surface area contributed by atoms with Crippen molar-refractivity contribution in [3.05, 3.63) is 72.8 Å². The molecule has 1 N–H and O–H groups in total. The molecule has 0 bridgehead atoms. The van der Waals surface area contributed by atoms with Crippen LogP contribution in [0.2, 0.25) is 0 Å². The van der Waals surface area contributed by atoms with Crippen LogP contribution in [-0.2, 0) is 11.3 Å². The number of hydrogen-bond acceptors (Lipinski definition) is 8. The van der Waals surface area contributed by atoms with Crippen molar-refractivity contribution in [3.63, 3.8) is 0 Å². The Kier molecular flexibility index (Phi) is 6.26. The summed E-state index contributed by atoms with van der Waals surface area (Å²) in [6, 6.07) is 13.9. The van der Waals surface area contributed by atoms with E-state index in [9.17, 15) is 4.79 Å². The van der Waals surface area contributed by atoms with Crippen molar-refractivity contribution < 1.29 is 23.7 Å². The number of benzene rings is 2. The predicted octanol–water partition coefficient (Wildman–Crippen LogP) is 4.58. The van der Waals surface area contributed by atoms with E-state index in [1.807, 2.05) is 0 Å². The molecule has 9 heteroatoms. The average Bonchev–Trinajstić information content (AvgIpc) is 2.84. The van der Waals surface area contributed by atoms with Crippen LogP contribution >= 0.6 is 0 Å². The monoisotopic (exact) mass is 432 g/mol. The highest BCUT2D eigenvalue weighted by atomic mass is 16.5. The van der Waals surface area contributed by atoms with Gasteiger partial charge in [0.2, 0.25) is 5.88 Å². The van der Waals surface area contributed by atoms with Gasteiger partial charge in [0.15, 0.2) is 11.5 Å². The summed E-state index contributed by atoms with van der Waals surface area (Å²) in [6.07, 6.45) is 4.14. The molecule has 9 nitrogen and oxygen atoms in total. The smallest absolute Gasteiger partial charge is 0.411 e. The molecule has 2 aromatic carbocycles. The van der Waals surface area contributed by atoms with E-state index < -0.39 is 6.09 Å². The third kappa shape index (κ3) is 4.84. The fourth-order valence-electron chi connectivity index (χ4n) is 2.94. The fraction of sp³-hybridized carbons (Fsp3) is 0.130. The van der Waals surface area contributed by atoms with Gasteiger partial charge in [-0.3, -0.25) is 10.3 Å². The van der Waals surface area contributed by atoms with E-state index in [-0.39, 0.29) is 6.61 Å².